The fourth-order valence-electron chi connectivity index (χ4n) is 3.46. The van der Waals surface area contributed by atoms with E-state index in [-0.39, 0.29) is 5.69 Å². The molecule has 2 aliphatic rings. The van der Waals surface area contributed by atoms with Crippen LogP contribution in [0.5, 0.6) is 0 Å². The molecule has 0 saturated carbocycles. The second kappa shape index (κ2) is 5.98. The van der Waals surface area contributed by atoms with E-state index in [0.29, 0.717) is 6.04 Å². The number of aromatic nitrogens is 4. The molecule has 126 valence electrons. The molecule has 0 N–H and O–H groups in total. The Kier molecular flexibility index (Phi) is 3.80. The molecule has 0 unspecified atom stereocenters. The standard InChI is InChI=1S/C17H22N6O/c1-21(8-12-7-18-17(24)22(2)9-12)14-10-23(11-14)16-6-13-4-3-5-15(13)19-20-16/h6-7,9,14H,3-5,8,10-11H2,1-2H3. The Labute approximate surface area is 140 Å². The summed E-state index contributed by atoms with van der Waals surface area (Å²) in [4.78, 5) is 19.8. The third-order valence-corrected chi connectivity index (χ3v) is 5.05. The molecule has 1 aliphatic heterocycles. The van der Waals surface area contributed by atoms with Gasteiger partial charge in [0.2, 0.25) is 0 Å². The topological polar surface area (TPSA) is 67.2 Å². The van der Waals surface area contributed by atoms with Crippen molar-refractivity contribution in [1.82, 2.24) is 24.6 Å². The molecule has 2 aromatic heterocycles. The average molecular weight is 326 g/mol. The van der Waals surface area contributed by atoms with Gasteiger partial charge in [-0.25, -0.2) is 9.78 Å². The maximum Gasteiger partial charge on any atom is 0.347 e. The largest absolute Gasteiger partial charge is 0.352 e. The van der Waals surface area contributed by atoms with Gasteiger partial charge >= 0.3 is 5.69 Å². The summed E-state index contributed by atoms with van der Waals surface area (Å²) in [6.07, 6.45) is 6.93. The molecule has 0 amide bonds. The summed E-state index contributed by atoms with van der Waals surface area (Å²) in [6.45, 7) is 2.71. The Bertz CT molecular complexity index is 811. The van der Waals surface area contributed by atoms with Crippen molar-refractivity contribution in [2.45, 2.75) is 31.8 Å². The number of rotatable bonds is 4. The molecule has 0 atom stereocenters. The lowest BCUT2D eigenvalue weighted by Gasteiger charge is -2.44. The highest BCUT2D eigenvalue weighted by atomic mass is 16.1. The van der Waals surface area contributed by atoms with Gasteiger partial charge in [0.15, 0.2) is 5.82 Å². The molecule has 7 nitrogen and oxygen atoms in total. The Morgan fingerprint density at radius 3 is 2.92 bits per heavy atom. The number of likely N-dealkylation sites (N-methyl/N-ethyl adjacent to an activating group) is 1. The molecule has 1 saturated heterocycles. The van der Waals surface area contributed by atoms with Crippen molar-refractivity contribution in [3.8, 4) is 0 Å². The number of aryl methyl sites for hydroxylation is 3. The molecular formula is C17H22N6O. The van der Waals surface area contributed by atoms with E-state index in [2.05, 4.69) is 38.1 Å². The second-order valence-corrected chi connectivity index (χ2v) is 6.86. The molecule has 0 aromatic carbocycles. The maximum atomic E-state index is 11.4. The van der Waals surface area contributed by atoms with E-state index >= 15 is 0 Å². The van der Waals surface area contributed by atoms with E-state index in [1.807, 2.05) is 6.20 Å². The van der Waals surface area contributed by atoms with E-state index in [1.54, 1.807) is 13.2 Å². The van der Waals surface area contributed by atoms with Crippen molar-refractivity contribution in [2.75, 3.05) is 25.0 Å². The summed E-state index contributed by atoms with van der Waals surface area (Å²) in [5, 5.41) is 8.75. The quantitative estimate of drug-likeness (QED) is 0.809. The summed E-state index contributed by atoms with van der Waals surface area (Å²) < 4.78 is 1.52. The van der Waals surface area contributed by atoms with Crippen LogP contribution >= 0.6 is 0 Å². The van der Waals surface area contributed by atoms with E-state index in [0.717, 1.165) is 43.9 Å². The van der Waals surface area contributed by atoms with Crippen LogP contribution in [0, 0.1) is 0 Å². The third kappa shape index (κ3) is 2.80. The van der Waals surface area contributed by atoms with Gasteiger partial charge in [0.1, 0.15) is 0 Å². The number of nitrogens with zero attached hydrogens (tertiary/aromatic N) is 6. The molecule has 0 radical (unpaired) electrons. The molecule has 24 heavy (non-hydrogen) atoms. The zero-order valence-corrected chi connectivity index (χ0v) is 14.1. The van der Waals surface area contributed by atoms with Crippen molar-refractivity contribution in [2.24, 2.45) is 7.05 Å². The minimum absolute atomic E-state index is 0.216. The first-order chi connectivity index (χ1) is 11.6. The summed E-state index contributed by atoms with van der Waals surface area (Å²) >= 11 is 0. The molecule has 4 rings (SSSR count). The maximum absolute atomic E-state index is 11.4. The van der Waals surface area contributed by atoms with Gasteiger partial charge in [0, 0.05) is 50.7 Å². The fourth-order valence-corrected chi connectivity index (χ4v) is 3.46. The van der Waals surface area contributed by atoms with Crippen molar-refractivity contribution in [3.63, 3.8) is 0 Å². The summed E-state index contributed by atoms with van der Waals surface area (Å²) in [5.74, 6) is 1.00. The van der Waals surface area contributed by atoms with Crippen LogP contribution in [0.2, 0.25) is 0 Å². The van der Waals surface area contributed by atoms with Gasteiger partial charge in [0.25, 0.3) is 0 Å². The number of hydrogen-bond donors (Lipinski definition) is 0. The van der Waals surface area contributed by atoms with Gasteiger partial charge in [-0.3, -0.25) is 4.90 Å². The Balaban J connectivity index is 1.36. The van der Waals surface area contributed by atoms with E-state index in [1.165, 1.54) is 22.2 Å². The van der Waals surface area contributed by atoms with Crippen LogP contribution in [-0.2, 0) is 26.4 Å². The van der Waals surface area contributed by atoms with Crippen LogP contribution in [0.25, 0.3) is 0 Å². The fraction of sp³-hybridized carbons (Fsp3) is 0.529. The number of anilines is 1. The van der Waals surface area contributed by atoms with Crippen LogP contribution in [-0.4, -0.2) is 50.8 Å². The molecule has 1 fully saturated rings. The molecular weight excluding hydrogens is 304 g/mol. The highest BCUT2D eigenvalue weighted by Crippen LogP contribution is 2.26. The van der Waals surface area contributed by atoms with Gasteiger partial charge in [-0.15, -0.1) is 5.10 Å². The third-order valence-electron chi connectivity index (χ3n) is 5.05. The molecule has 2 aromatic rings. The lowest BCUT2D eigenvalue weighted by molar-refractivity contribution is 0.196. The van der Waals surface area contributed by atoms with E-state index in [4.69, 9.17) is 0 Å². The highest BCUT2D eigenvalue weighted by molar-refractivity contribution is 5.45. The van der Waals surface area contributed by atoms with Gasteiger partial charge in [-0.05, 0) is 37.9 Å². The predicted molar refractivity (Wildman–Crippen MR) is 91.0 cm³/mol. The molecule has 1 aliphatic carbocycles. The first kappa shape index (κ1) is 15.3. The lowest BCUT2D eigenvalue weighted by atomic mass is 10.1. The van der Waals surface area contributed by atoms with Gasteiger partial charge in [-0.2, -0.15) is 5.10 Å². The number of hydrogen-bond acceptors (Lipinski definition) is 6. The summed E-state index contributed by atoms with van der Waals surface area (Å²) in [5.41, 5.74) is 3.38. The van der Waals surface area contributed by atoms with Crippen LogP contribution in [0.15, 0.2) is 23.3 Å². The highest BCUT2D eigenvalue weighted by Gasteiger charge is 2.31. The van der Waals surface area contributed by atoms with Gasteiger partial charge in [-0.1, -0.05) is 0 Å². The SMILES string of the molecule is CN(Cc1cnc(=O)n(C)c1)C1CN(c2cc3c(nn2)CCC3)C1. The Morgan fingerprint density at radius 1 is 1.29 bits per heavy atom. The number of fused-ring (bicyclic) bond motifs is 1. The second-order valence-electron chi connectivity index (χ2n) is 6.86. The molecule has 7 heteroatoms. The summed E-state index contributed by atoms with van der Waals surface area (Å²) in [7, 11) is 3.85. The molecule has 3 heterocycles. The van der Waals surface area contributed by atoms with Crippen LogP contribution in [0.3, 0.4) is 0 Å². The lowest BCUT2D eigenvalue weighted by Crippen LogP contribution is -2.58. The van der Waals surface area contributed by atoms with Crippen molar-refractivity contribution >= 4 is 5.82 Å². The molecule has 0 spiro atoms. The van der Waals surface area contributed by atoms with Crippen molar-refractivity contribution in [1.29, 1.82) is 0 Å². The van der Waals surface area contributed by atoms with E-state index in [9.17, 15) is 4.79 Å². The molecule has 0 bridgehead atoms. The van der Waals surface area contributed by atoms with Crippen molar-refractivity contribution < 1.29 is 0 Å². The van der Waals surface area contributed by atoms with Crippen LogP contribution in [0.1, 0.15) is 23.2 Å². The van der Waals surface area contributed by atoms with Crippen LogP contribution < -0.4 is 10.6 Å². The smallest absolute Gasteiger partial charge is 0.347 e. The van der Waals surface area contributed by atoms with Gasteiger partial charge < -0.3 is 9.47 Å². The zero-order chi connectivity index (χ0) is 16.7. The zero-order valence-electron chi connectivity index (χ0n) is 14.1. The summed E-state index contributed by atoms with van der Waals surface area (Å²) in [6, 6.07) is 2.69. The normalized spacial score (nSPS) is 17.2. The Hall–Kier alpha value is -2.28. The monoisotopic (exact) mass is 326 g/mol. The first-order valence-corrected chi connectivity index (χ1v) is 8.42. The Morgan fingerprint density at radius 2 is 2.12 bits per heavy atom. The first-order valence-electron chi connectivity index (χ1n) is 8.42. The van der Waals surface area contributed by atoms with E-state index < -0.39 is 0 Å². The minimum Gasteiger partial charge on any atom is -0.352 e. The predicted octanol–water partition coefficient (Wildman–Crippen LogP) is 0.380. The minimum atomic E-state index is -0.216. The van der Waals surface area contributed by atoms with Crippen LogP contribution in [0.4, 0.5) is 5.82 Å². The van der Waals surface area contributed by atoms with Gasteiger partial charge in [0.05, 0.1) is 5.69 Å². The average Bonchev–Trinajstić information content (AvgIpc) is 2.97. The van der Waals surface area contributed by atoms with Crippen molar-refractivity contribution in [3.05, 3.63) is 45.8 Å².